The van der Waals surface area contributed by atoms with Gasteiger partial charge in [0.15, 0.2) is 0 Å². The largest absolute Gasteiger partial charge is 0.345 e. The number of nitrogens with one attached hydrogen (secondary N) is 1. The fraction of sp³-hybridized carbons (Fsp3) is 0.700. The topological polar surface area (TPSA) is 55.1 Å². The first kappa shape index (κ1) is 13.3. The van der Waals surface area contributed by atoms with E-state index in [1.807, 2.05) is 0 Å². The van der Waals surface area contributed by atoms with E-state index < -0.39 is 0 Å². The fourth-order valence-corrected chi connectivity index (χ4v) is 1.66. The molecule has 0 aliphatic heterocycles. The van der Waals surface area contributed by atoms with E-state index in [0.29, 0.717) is 6.54 Å². The molecule has 3 nitrogen and oxygen atoms in total. The molecule has 1 rings (SSSR count). The molecule has 0 bridgehead atoms. The molecule has 1 amide bonds. The van der Waals surface area contributed by atoms with E-state index in [1.54, 1.807) is 0 Å². The molecule has 0 aromatic rings. The Labute approximate surface area is 91.2 Å². The van der Waals surface area contributed by atoms with Crippen LogP contribution in [0, 0.1) is 18.3 Å². The molecule has 14 heavy (non-hydrogen) atoms. The molecule has 0 aromatic carbocycles. The fourth-order valence-electron chi connectivity index (χ4n) is 1.66. The summed E-state index contributed by atoms with van der Waals surface area (Å²) in [5, 5.41) is 2.70. The predicted octanol–water partition coefficient (Wildman–Crippen LogP) is 0.675. The van der Waals surface area contributed by atoms with Crippen LogP contribution in [-0.2, 0) is 4.79 Å². The zero-order valence-electron chi connectivity index (χ0n) is 8.16. The average Bonchev–Trinajstić information content (AvgIpc) is 2.15. The molecule has 1 saturated carbocycles. The Kier molecular flexibility index (Phi) is 6.35. The van der Waals surface area contributed by atoms with Crippen LogP contribution in [0.3, 0.4) is 0 Å². The highest BCUT2D eigenvalue weighted by Crippen LogP contribution is 2.22. The van der Waals surface area contributed by atoms with Gasteiger partial charge in [-0.2, -0.15) is 0 Å². The zero-order chi connectivity index (χ0) is 9.68. The average molecular weight is 217 g/mol. The Bertz CT molecular complexity index is 217. The predicted molar refractivity (Wildman–Crippen MR) is 59.0 cm³/mol. The molecule has 0 saturated heterocycles. The Morgan fingerprint density at radius 2 is 2.00 bits per heavy atom. The van der Waals surface area contributed by atoms with Crippen LogP contribution in [0.5, 0.6) is 0 Å². The van der Waals surface area contributed by atoms with E-state index in [2.05, 4.69) is 11.2 Å². The van der Waals surface area contributed by atoms with Gasteiger partial charge in [0, 0.05) is 12.0 Å². The minimum atomic E-state index is 0. The van der Waals surface area contributed by atoms with Crippen molar-refractivity contribution in [1.82, 2.24) is 5.32 Å². The number of terminal acetylenes is 1. The number of carbonyl (C=O) groups is 1. The van der Waals surface area contributed by atoms with Crippen LogP contribution in [-0.4, -0.2) is 18.5 Å². The van der Waals surface area contributed by atoms with E-state index in [9.17, 15) is 4.79 Å². The summed E-state index contributed by atoms with van der Waals surface area (Å²) < 4.78 is 0. The van der Waals surface area contributed by atoms with Crippen LogP contribution in [0.4, 0.5) is 0 Å². The summed E-state index contributed by atoms with van der Waals surface area (Å²) in [5.41, 5.74) is 5.73. The van der Waals surface area contributed by atoms with Gasteiger partial charge in [-0.25, -0.2) is 0 Å². The van der Waals surface area contributed by atoms with Crippen LogP contribution >= 0.6 is 12.4 Å². The number of hydrogen-bond acceptors (Lipinski definition) is 2. The SMILES string of the molecule is C#CCNC(=O)C1CCC(N)CC1.Cl. The lowest BCUT2D eigenvalue weighted by Crippen LogP contribution is -2.36. The van der Waals surface area contributed by atoms with E-state index in [-0.39, 0.29) is 30.3 Å². The molecule has 1 aliphatic rings. The van der Waals surface area contributed by atoms with Gasteiger partial charge in [0.25, 0.3) is 0 Å². The number of hydrogen-bond donors (Lipinski definition) is 2. The van der Waals surface area contributed by atoms with E-state index >= 15 is 0 Å². The van der Waals surface area contributed by atoms with Gasteiger partial charge in [0.2, 0.25) is 5.91 Å². The molecule has 0 radical (unpaired) electrons. The molecule has 1 fully saturated rings. The summed E-state index contributed by atoms with van der Waals surface area (Å²) in [4.78, 5) is 11.4. The Morgan fingerprint density at radius 3 is 2.50 bits per heavy atom. The maximum Gasteiger partial charge on any atom is 0.223 e. The lowest BCUT2D eigenvalue weighted by Gasteiger charge is -2.24. The molecule has 80 valence electrons. The number of rotatable bonds is 2. The second-order valence-corrected chi connectivity index (χ2v) is 3.53. The first-order valence-corrected chi connectivity index (χ1v) is 4.70. The van der Waals surface area contributed by atoms with Crippen molar-refractivity contribution in [3.05, 3.63) is 0 Å². The third kappa shape index (κ3) is 3.99. The van der Waals surface area contributed by atoms with Crippen molar-refractivity contribution in [3.63, 3.8) is 0 Å². The summed E-state index contributed by atoms with van der Waals surface area (Å²) in [6.07, 6.45) is 8.75. The normalized spacial score (nSPS) is 25.7. The molecule has 4 heteroatoms. The minimum Gasteiger partial charge on any atom is -0.345 e. The number of halogens is 1. The van der Waals surface area contributed by atoms with Crippen molar-refractivity contribution in [1.29, 1.82) is 0 Å². The van der Waals surface area contributed by atoms with Crippen molar-refractivity contribution >= 4 is 18.3 Å². The van der Waals surface area contributed by atoms with Crippen LogP contribution in [0.25, 0.3) is 0 Å². The number of nitrogens with two attached hydrogens (primary N) is 1. The van der Waals surface area contributed by atoms with Crippen molar-refractivity contribution in [3.8, 4) is 12.3 Å². The van der Waals surface area contributed by atoms with Gasteiger partial charge < -0.3 is 11.1 Å². The summed E-state index contributed by atoms with van der Waals surface area (Å²) >= 11 is 0. The van der Waals surface area contributed by atoms with Crippen molar-refractivity contribution < 1.29 is 4.79 Å². The first-order chi connectivity index (χ1) is 6.24. The monoisotopic (exact) mass is 216 g/mol. The quantitative estimate of drug-likeness (QED) is 0.667. The molecular formula is C10H17ClN2O. The second-order valence-electron chi connectivity index (χ2n) is 3.53. The lowest BCUT2D eigenvalue weighted by atomic mass is 9.86. The van der Waals surface area contributed by atoms with E-state index in [1.165, 1.54) is 0 Å². The van der Waals surface area contributed by atoms with Crippen molar-refractivity contribution in [2.24, 2.45) is 11.7 Å². The van der Waals surface area contributed by atoms with Gasteiger partial charge in [-0.1, -0.05) is 5.92 Å². The van der Waals surface area contributed by atoms with Gasteiger partial charge in [-0.15, -0.1) is 18.8 Å². The van der Waals surface area contributed by atoms with Crippen LogP contribution in [0.15, 0.2) is 0 Å². The van der Waals surface area contributed by atoms with Gasteiger partial charge in [0.05, 0.1) is 6.54 Å². The first-order valence-electron chi connectivity index (χ1n) is 4.70. The summed E-state index contributed by atoms with van der Waals surface area (Å²) in [7, 11) is 0. The molecule has 0 heterocycles. The third-order valence-electron chi connectivity index (χ3n) is 2.51. The van der Waals surface area contributed by atoms with Crippen LogP contribution in [0.2, 0.25) is 0 Å². The van der Waals surface area contributed by atoms with Crippen LogP contribution in [0.1, 0.15) is 25.7 Å². The summed E-state index contributed by atoms with van der Waals surface area (Å²) in [6.45, 7) is 0.335. The molecule has 0 aromatic heterocycles. The zero-order valence-corrected chi connectivity index (χ0v) is 8.98. The smallest absolute Gasteiger partial charge is 0.223 e. The van der Waals surface area contributed by atoms with E-state index in [0.717, 1.165) is 25.7 Å². The molecule has 1 aliphatic carbocycles. The van der Waals surface area contributed by atoms with E-state index in [4.69, 9.17) is 12.2 Å². The van der Waals surface area contributed by atoms with Gasteiger partial charge >= 0.3 is 0 Å². The van der Waals surface area contributed by atoms with Crippen molar-refractivity contribution in [2.45, 2.75) is 31.7 Å². The molecule has 0 atom stereocenters. The Hall–Kier alpha value is -0.720. The molecule has 3 N–H and O–H groups in total. The highest BCUT2D eigenvalue weighted by Gasteiger charge is 2.23. The number of carbonyl (C=O) groups excluding carboxylic acids is 1. The minimum absolute atomic E-state index is 0. The standard InChI is InChI=1S/C10H16N2O.ClH/c1-2-7-12-10(13)8-3-5-9(11)6-4-8;/h1,8-9H,3-7,11H2,(H,12,13);1H. The second kappa shape index (κ2) is 6.69. The van der Waals surface area contributed by atoms with Gasteiger partial charge in [-0.05, 0) is 25.7 Å². The van der Waals surface area contributed by atoms with Gasteiger partial charge in [0.1, 0.15) is 0 Å². The molecule has 0 spiro atoms. The maximum absolute atomic E-state index is 11.4. The highest BCUT2D eigenvalue weighted by molar-refractivity contribution is 5.85. The van der Waals surface area contributed by atoms with Gasteiger partial charge in [-0.3, -0.25) is 4.79 Å². The summed E-state index contributed by atoms with van der Waals surface area (Å²) in [5.74, 6) is 2.61. The maximum atomic E-state index is 11.4. The third-order valence-corrected chi connectivity index (χ3v) is 2.51. The Morgan fingerprint density at radius 1 is 1.43 bits per heavy atom. The van der Waals surface area contributed by atoms with Crippen molar-refractivity contribution in [2.75, 3.05) is 6.54 Å². The van der Waals surface area contributed by atoms with Crippen LogP contribution < -0.4 is 11.1 Å². The molecule has 0 unspecified atom stereocenters. The number of amides is 1. The lowest BCUT2D eigenvalue weighted by molar-refractivity contribution is -0.125. The summed E-state index contributed by atoms with van der Waals surface area (Å²) in [6, 6.07) is 0.289. The molecular weight excluding hydrogens is 200 g/mol. The highest BCUT2D eigenvalue weighted by atomic mass is 35.5. The Balaban J connectivity index is 0.00000169.